The van der Waals surface area contributed by atoms with Crippen molar-refractivity contribution in [2.75, 3.05) is 6.54 Å². The maximum absolute atomic E-state index is 12.5. The number of benzene rings is 1. The zero-order valence-electron chi connectivity index (χ0n) is 11.1. The third-order valence-electron chi connectivity index (χ3n) is 3.20. The third kappa shape index (κ3) is 3.17. The largest absolute Gasteiger partial charge is 0.523 e. The SMILES string of the molecule is O=C(O)N1CCCc2ccccc2C1OS(=O)(=O)C(F)(F)F. The standard InChI is InChI=1S/C12H12F3NO5S/c13-12(14,15)22(19,20)21-10-9-6-2-1-4-8(9)5-3-7-16(10)11(17)18/h1-2,4,6,10H,3,5,7H2,(H,17,18). The van der Waals surface area contributed by atoms with E-state index >= 15 is 0 Å². The third-order valence-corrected chi connectivity index (χ3v) is 4.20. The van der Waals surface area contributed by atoms with Gasteiger partial charge in [0.2, 0.25) is 0 Å². The van der Waals surface area contributed by atoms with Crippen molar-refractivity contribution >= 4 is 16.2 Å². The molecule has 1 aromatic rings. The van der Waals surface area contributed by atoms with Crippen LogP contribution >= 0.6 is 0 Å². The number of fused-ring (bicyclic) bond motifs is 1. The molecule has 1 aromatic carbocycles. The van der Waals surface area contributed by atoms with E-state index in [1.807, 2.05) is 0 Å². The molecule has 1 N–H and O–H groups in total. The van der Waals surface area contributed by atoms with Crippen LogP contribution in [0.15, 0.2) is 24.3 Å². The van der Waals surface area contributed by atoms with Gasteiger partial charge in [-0.25, -0.2) is 8.98 Å². The van der Waals surface area contributed by atoms with Crippen molar-refractivity contribution in [3.63, 3.8) is 0 Å². The predicted molar refractivity (Wildman–Crippen MR) is 68.3 cm³/mol. The van der Waals surface area contributed by atoms with E-state index in [9.17, 15) is 26.4 Å². The monoisotopic (exact) mass is 339 g/mol. The minimum Gasteiger partial charge on any atom is -0.465 e. The molecule has 122 valence electrons. The molecule has 0 aromatic heterocycles. The molecule has 10 heteroatoms. The number of hydrogen-bond donors (Lipinski definition) is 1. The van der Waals surface area contributed by atoms with Crippen LogP contribution < -0.4 is 0 Å². The smallest absolute Gasteiger partial charge is 0.465 e. The lowest BCUT2D eigenvalue weighted by Crippen LogP contribution is -2.38. The molecule has 1 unspecified atom stereocenters. The first-order valence-corrected chi connectivity index (χ1v) is 7.61. The van der Waals surface area contributed by atoms with E-state index in [2.05, 4.69) is 4.18 Å². The molecule has 0 saturated carbocycles. The van der Waals surface area contributed by atoms with Gasteiger partial charge in [-0.05, 0) is 18.4 Å². The van der Waals surface area contributed by atoms with Gasteiger partial charge in [0.25, 0.3) is 0 Å². The predicted octanol–water partition coefficient (Wildman–Crippen LogP) is 2.48. The molecule has 1 aliphatic rings. The molecule has 0 spiro atoms. The van der Waals surface area contributed by atoms with Crippen LogP contribution in [0.25, 0.3) is 0 Å². The highest BCUT2D eigenvalue weighted by Crippen LogP contribution is 2.35. The Labute approximate surface area is 124 Å². The number of halogens is 3. The number of nitrogens with zero attached hydrogens (tertiary/aromatic N) is 1. The molecular formula is C12H12F3NO5S. The fraction of sp³-hybridized carbons (Fsp3) is 0.417. The molecule has 22 heavy (non-hydrogen) atoms. The minimum atomic E-state index is -5.93. The van der Waals surface area contributed by atoms with Crippen LogP contribution in [0.4, 0.5) is 18.0 Å². The van der Waals surface area contributed by atoms with Crippen LogP contribution in [0.2, 0.25) is 0 Å². The van der Waals surface area contributed by atoms with Crippen molar-refractivity contribution in [3.8, 4) is 0 Å². The number of alkyl halides is 3. The summed E-state index contributed by atoms with van der Waals surface area (Å²) in [5, 5.41) is 9.13. The summed E-state index contributed by atoms with van der Waals surface area (Å²) < 4.78 is 64.2. The number of carboxylic acid groups (broad SMARTS) is 1. The first-order chi connectivity index (χ1) is 10.1. The van der Waals surface area contributed by atoms with Gasteiger partial charge in [0.05, 0.1) is 0 Å². The van der Waals surface area contributed by atoms with Crippen molar-refractivity contribution < 1.29 is 35.7 Å². The summed E-state index contributed by atoms with van der Waals surface area (Å²) >= 11 is 0. The highest BCUT2D eigenvalue weighted by atomic mass is 32.2. The van der Waals surface area contributed by atoms with E-state index in [0.717, 1.165) is 0 Å². The molecule has 0 saturated heterocycles. The van der Waals surface area contributed by atoms with Gasteiger partial charge >= 0.3 is 21.7 Å². The summed E-state index contributed by atoms with van der Waals surface area (Å²) in [7, 11) is -5.93. The normalized spacial score (nSPS) is 19.4. The lowest BCUT2D eigenvalue weighted by Gasteiger charge is -2.28. The van der Waals surface area contributed by atoms with Crippen LogP contribution in [0.1, 0.15) is 23.8 Å². The first kappa shape index (κ1) is 16.6. The van der Waals surface area contributed by atoms with Crippen LogP contribution in [0.3, 0.4) is 0 Å². The maximum atomic E-state index is 12.5. The summed E-state index contributed by atoms with van der Waals surface area (Å²) in [6, 6.07) is 6.05. The first-order valence-electron chi connectivity index (χ1n) is 6.20. The highest BCUT2D eigenvalue weighted by molar-refractivity contribution is 7.87. The average molecular weight is 339 g/mol. The van der Waals surface area contributed by atoms with Gasteiger partial charge in [-0.1, -0.05) is 24.3 Å². The van der Waals surface area contributed by atoms with Gasteiger partial charge in [0, 0.05) is 12.1 Å². The number of hydrogen-bond acceptors (Lipinski definition) is 4. The summed E-state index contributed by atoms with van der Waals surface area (Å²) in [4.78, 5) is 11.8. The fourth-order valence-electron chi connectivity index (χ4n) is 2.20. The number of carbonyl (C=O) groups is 1. The molecule has 1 amide bonds. The Morgan fingerprint density at radius 1 is 1.32 bits per heavy atom. The van der Waals surface area contributed by atoms with Crippen LogP contribution in [0.5, 0.6) is 0 Å². The van der Waals surface area contributed by atoms with E-state index in [4.69, 9.17) is 5.11 Å². The van der Waals surface area contributed by atoms with E-state index in [1.54, 1.807) is 12.1 Å². The second-order valence-electron chi connectivity index (χ2n) is 4.63. The van der Waals surface area contributed by atoms with Crippen molar-refractivity contribution in [3.05, 3.63) is 35.4 Å². The quantitative estimate of drug-likeness (QED) is 0.661. The molecule has 0 radical (unpaired) electrons. The Morgan fingerprint density at radius 2 is 1.95 bits per heavy atom. The van der Waals surface area contributed by atoms with E-state index in [-0.39, 0.29) is 12.1 Å². The van der Waals surface area contributed by atoms with E-state index < -0.39 is 27.9 Å². The van der Waals surface area contributed by atoms with Crippen LogP contribution in [0, 0.1) is 0 Å². The Hall–Kier alpha value is -1.81. The molecule has 2 rings (SSSR count). The number of aryl methyl sites for hydroxylation is 1. The lowest BCUT2D eigenvalue weighted by molar-refractivity contribution is -0.0658. The molecule has 0 fully saturated rings. The fourth-order valence-corrected chi connectivity index (χ4v) is 2.76. The molecule has 1 heterocycles. The summed E-state index contributed by atoms with van der Waals surface area (Å²) in [5.41, 5.74) is -4.98. The zero-order valence-corrected chi connectivity index (χ0v) is 11.9. The van der Waals surface area contributed by atoms with E-state index in [0.29, 0.717) is 23.3 Å². The maximum Gasteiger partial charge on any atom is 0.523 e. The van der Waals surface area contributed by atoms with Gasteiger partial charge in [0.1, 0.15) is 0 Å². The summed E-state index contributed by atoms with van der Waals surface area (Å²) in [5.74, 6) is 0. The average Bonchev–Trinajstić information content (AvgIpc) is 2.57. The second-order valence-corrected chi connectivity index (χ2v) is 6.19. The van der Waals surface area contributed by atoms with Gasteiger partial charge in [-0.15, -0.1) is 0 Å². The topological polar surface area (TPSA) is 83.9 Å². The lowest BCUT2D eigenvalue weighted by atomic mass is 10.0. The summed E-state index contributed by atoms with van der Waals surface area (Å²) in [6.07, 6.45) is -2.66. The van der Waals surface area contributed by atoms with Gasteiger partial charge in [0.15, 0.2) is 6.23 Å². The Morgan fingerprint density at radius 3 is 2.55 bits per heavy atom. The molecule has 0 bridgehead atoms. The Kier molecular flexibility index (Phi) is 4.34. The van der Waals surface area contributed by atoms with Crippen molar-refractivity contribution in [2.24, 2.45) is 0 Å². The van der Waals surface area contributed by atoms with E-state index in [1.165, 1.54) is 12.1 Å². The molecule has 0 aliphatic carbocycles. The molecule has 6 nitrogen and oxygen atoms in total. The van der Waals surface area contributed by atoms with Gasteiger partial charge < -0.3 is 5.11 Å². The minimum absolute atomic E-state index is 0.0928. The molecular weight excluding hydrogens is 327 g/mol. The van der Waals surface area contributed by atoms with Crippen molar-refractivity contribution in [2.45, 2.75) is 24.6 Å². The van der Waals surface area contributed by atoms with Gasteiger partial charge in [-0.2, -0.15) is 21.6 Å². The van der Waals surface area contributed by atoms with Crippen molar-refractivity contribution in [1.29, 1.82) is 0 Å². The van der Waals surface area contributed by atoms with Gasteiger partial charge in [-0.3, -0.25) is 4.90 Å². The number of rotatable bonds is 2. The zero-order chi connectivity index (χ0) is 16.5. The number of amides is 1. The Bertz CT molecular complexity index is 674. The van der Waals surface area contributed by atoms with Crippen LogP contribution in [-0.2, 0) is 20.7 Å². The Balaban J connectivity index is 2.49. The molecule has 1 aliphatic heterocycles. The molecule has 1 atom stereocenters. The van der Waals surface area contributed by atoms with Crippen LogP contribution in [-0.4, -0.2) is 36.6 Å². The highest BCUT2D eigenvalue weighted by Gasteiger charge is 2.50. The summed E-state index contributed by atoms with van der Waals surface area (Å²) in [6.45, 7) is -0.137. The van der Waals surface area contributed by atoms with Crippen molar-refractivity contribution in [1.82, 2.24) is 4.90 Å². The second kappa shape index (κ2) is 5.76.